The zero-order valence-corrected chi connectivity index (χ0v) is 9.23. The first-order valence-corrected chi connectivity index (χ1v) is 4.90. The van der Waals surface area contributed by atoms with Gasteiger partial charge in [-0.2, -0.15) is 0 Å². The molecule has 1 rings (SSSR count). The van der Waals surface area contributed by atoms with Gasteiger partial charge in [0.2, 0.25) is 0 Å². The minimum atomic E-state index is -1.25. The molecule has 0 saturated heterocycles. The van der Waals surface area contributed by atoms with Crippen molar-refractivity contribution in [3.05, 3.63) is 23.3 Å². The van der Waals surface area contributed by atoms with Crippen molar-refractivity contribution in [2.75, 3.05) is 7.11 Å². The number of methoxy groups -OCH3 is 1. The van der Waals surface area contributed by atoms with E-state index in [9.17, 15) is 9.90 Å². The van der Waals surface area contributed by atoms with Crippen molar-refractivity contribution in [1.29, 1.82) is 0 Å². The number of hydrogen-bond acceptors (Lipinski definition) is 4. The van der Waals surface area contributed by atoms with Crippen LogP contribution >= 0.6 is 0 Å². The number of rotatable bonds is 4. The lowest BCUT2D eigenvalue weighted by atomic mass is 9.97. The summed E-state index contributed by atoms with van der Waals surface area (Å²) in [6.07, 6.45) is 0.591. The van der Waals surface area contributed by atoms with Gasteiger partial charge in [-0.05, 0) is 18.1 Å². The Balaban J connectivity index is 3.37. The highest BCUT2D eigenvalue weighted by molar-refractivity contribution is 5.77. The van der Waals surface area contributed by atoms with Crippen molar-refractivity contribution < 1.29 is 19.7 Å². The van der Waals surface area contributed by atoms with Crippen LogP contribution in [0.5, 0.6) is 11.5 Å². The SMILES string of the molecule is CCc1ccc(OC)c(O)c1C(N)C(=O)O. The maximum absolute atomic E-state index is 10.8. The van der Waals surface area contributed by atoms with Gasteiger partial charge in [-0.15, -0.1) is 0 Å². The number of benzene rings is 1. The van der Waals surface area contributed by atoms with E-state index in [2.05, 4.69) is 0 Å². The molecule has 0 amide bonds. The van der Waals surface area contributed by atoms with E-state index in [-0.39, 0.29) is 17.1 Å². The Morgan fingerprint density at radius 3 is 2.62 bits per heavy atom. The molecule has 0 aliphatic heterocycles. The summed E-state index contributed by atoms with van der Waals surface area (Å²) in [5.41, 5.74) is 6.44. The number of carboxylic acid groups (broad SMARTS) is 1. The molecule has 1 unspecified atom stereocenters. The van der Waals surface area contributed by atoms with Crippen molar-refractivity contribution in [2.45, 2.75) is 19.4 Å². The standard InChI is InChI=1S/C11H15NO4/c1-3-6-4-5-7(16-2)10(13)8(6)9(12)11(14)15/h4-5,9,13H,3,12H2,1-2H3,(H,14,15). The van der Waals surface area contributed by atoms with E-state index in [4.69, 9.17) is 15.6 Å². The van der Waals surface area contributed by atoms with E-state index >= 15 is 0 Å². The van der Waals surface area contributed by atoms with Gasteiger partial charge in [-0.3, -0.25) is 4.79 Å². The number of hydrogen-bond donors (Lipinski definition) is 3. The number of phenols is 1. The average molecular weight is 225 g/mol. The van der Waals surface area contributed by atoms with Crippen LogP contribution in [-0.2, 0) is 11.2 Å². The van der Waals surface area contributed by atoms with Crippen molar-refractivity contribution in [3.8, 4) is 11.5 Å². The monoisotopic (exact) mass is 225 g/mol. The van der Waals surface area contributed by atoms with Crippen molar-refractivity contribution in [2.24, 2.45) is 5.73 Å². The topological polar surface area (TPSA) is 92.8 Å². The number of carboxylic acids is 1. The summed E-state index contributed by atoms with van der Waals surface area (Å²) in [6.45, 7) is 1.86. The summed E-state index contributed by atoms with van der Waals surface area (Å²) in [5.74, 6) is -1.15. The molecule has 16 heavy (non-hydrogen) atoms. The highest BCUT2D eigenvalue weighted by Crippen LogP contribution is 2.35. The molecule has 0 aliphatic carbocycles. The van der Waals surface area contributed by atoms with Gasteiger partial charge in [0.15, 0.2) is 11.5 Å². The minimum Gasteiger partial charge on any atom is -0.504 e. The van der Waals surface area contributed by atoms with Crippen LogP contribution in [0, 0.1) is 0 Å². The Morgan fingerprint density at radius 1 is 1.56 bits per heavy atom. The van der Waals surface area contributed by atoms with Gasteiger partial charge in [0.25, 0.3) is 0 Å². The van der Waals surface area contributed by atoms with Gasteiger partial charge in [0.05, 0.1) is 7.11 Å². The first kappa shape index (κ1) is 12.3. The average Bonchev–Trinajstić information content (AvgIpc) is 2.27. The Labute approximate surface area is 93.5 Å². The van der Waals surface area contributed by atoms with Crippen LogP contribution in [-0.4, -0.2) is 23.3 Å². The first-order valence-electron chi connectivity index (χ1n) is 4.90. The Kier molecular flexibility index (Phi) is 3.73. The molecule has 0 saturated carbocycles. The molecule has 1 atom stereocenters. The maximum Gasteiger partial charge on any atom is 0.325 e. The van der Waals surface area contributed by atoms with Gasteiger partial charge < -0.3 is 20.7 Å². The van der Waals surface area contributed by atoms with Gasteiger partial charge in [-0.25, -0.2) is 0 Å². The van der Waals surface area contributed by atoms with Crippen molar-refractivity contribution in [1.82, 2.24) is 0 Å². The van der Waals surface area contributed by atoms with Crippen LogP contribution in [0.3, 0.4) is 0 Å². The largest absolute Gasteiger partial charge is 0.504 e. The highest BCUT2D eigenvalue weighted by atomic mass is 16.5. The molecule has 4 N–H and O–H groups in total. The molecular formula is C11H15NO4. The maximum atomic E-state index is 10.8. The highest BCUT2D eigenvalue weighted by Gasteiger charge is 2.23. The van der Waals surface area contributed by atoms with E-state index in [1.165, 1.54) is 7.11 Å². The number of carbonyl (C=O) groups is 1. The molecule has 0 spiro atoms. The lowest BCUT2D eigenvalue weighted by Crippen LogP contribution is -2.22. The van der Waals surface area contributed by atoms with Gasteiger partial charge in [-0.1, -0.05) is 13.0 Å². The summed E-state index contributed by atoms with van der Waals surface area (Å²) in [6, 6.07) is 2.05. The van der Waals surface area contributed by atoms with Crippen LogP contribution in [0.1, 0.15) is 24.1 Å². The van der Waals surface area contributed by atoms with Crippen LogP contribution < -0.4 is 10.5 Å². The normalized spacial score (nSPS) is 12.2. The molecule has 88 valence electrons. The summed E-state index contributed by atoms with van der Waals surface area (Å²) < 4.78 is 4.92. The number of aryl methyl sites for hydroxylation is 1. The zero-order valence-electron chi connectivity index (χ0n) is 9.23. The molecule has 0 radical (unpaired) electrons. The van der Waals surface area contributed by atoms with E-state index in [0.717, 1.165) is 0 Å². The molecule has 0 heterocycles. The van der Waals surface area contributed by atoms with Gasteiger partial charge in [0, 0.05) is 5.56 Å². The lowest BCUT2D eigenvalue weighted by Gasteiger charge is -2.16. The summed E-state index contributed by atoms with van der Waals surface area (Å²) in [4.78, 5) is 10.8. The molecular weight excluding hydrogens is 210 g/mol. The number of ether oxygens (including phenoxy) is 1. The Morgan fingerprint density at radius 2 is 2.19 bits per heavy atom. The van der Waals surface area contributed by atoms with E-state index in [1.807, 2.05) is 6.92 Å². The second kappa shape index (κ2) is 4.85. The van der Waals surface area contributed by atoms with Crippen LogP contribution in [0.15, 0.2) is 12.1 Å². The van der Waals surface area contributed by atoms with E-state index in [1.54, 1.807) is 12.1 Å². The smallest absolute Gasteiger partial charge is 0.325 e. The predicted octanol–water partition coefficient (Wildman–Crippen LogP) is 1.05. The summed E-state index contributed by atoms with van der Waals surface area (Å²) >= 11 is 0. The first-order chi connectivity index (χ1) is 7.52. The Bertz CT molecular complexity index is 403. The van der Waals surface area contributed by atoms with Crippen LogP contribution in [0.25, 0.3) is 0 Å². The fourth-order valence-electron chi connectivity index (χ4n) is 1.57. The quantitative estimate of drug-likeness (QED) is 0.712. The predicted molar refractivity (Wildman–Crippen MR) is 58.6 cm³/mol. The lowest BCUT2D eigenvalue weighted by molar-refractivity contribution is -0.138. The molecule has 0 aromatic heterocycles. The molecule has 0 aliphatic rings. The molecule has 1 aromatic rings. The van der Waals surface area contributed by atoms with Crippen molar-refractivity contribution >= 4 is 5.97 Å². The number of phenolic OH excluding ortho intramolecular Hbond substituents is 1. The molecule has 1 aromatic carbocycles. The zero-order chi connectivity index (χ0) is 12.3. The molecule has 0 fully saturated rings. The summed E-state index contributed by atoms with van der Waals surface area (Å²) in [7, 11) is 1.40. The molecule has 0 bridgehead atoms. The van der Waals surface area contributed by atoms with Gasteiger partial charge in [0.1, 0.15) is 6.04 Å². The third kappa shape index (κ3) is 2.09. The van der Waals surface area contributed by atoms with Crippen molar-refractivity contribution in [3.63, 3.8) is 0 Å². The van der Waals surface area contributed by atoms with Crippen LogP contribution in [0.2, 0.25) is 0 Å². The third-order valence-corrected chi connectivity index (χ3v) is 2.45. The Hall–Kier alpha value is -1.75. The van der Waals surface area contributed by atoms with E-state index in [0.29, 0.717) is 12.0 Å². The van der Waals surface area contributed by atoms with Crippen LogP contribution in [0.4, 0.5) is 0 Å². The van der Waals surface area contributed by atoms with Gasteiger partial charge >= 0.3 is 5.97 Å². The third-order valence-electron chi connectivity index (χ3n) is 2.45. The summed E-state index contributed by atoms with van der Waals surface area (Å²) in [5, 5.41) is 18.7. The number of aromatic hydroxyl groups is 1. The minimum absolute atomic E-state index is 0.197. The fourth-order valence-corrected chi connectivity index (χ4v) is 1.57. The number of aliphatic carboxylic acids is 1. The second-order valence-corrected chi connectivity index (χ2v) is 3.36. The fraction of sp³-hybridized carbons (Fsp3) is 0.364. The number of nitrogens with two attached hydrogens (primary N) is 1. The molecule has 5 nitrogen and oxygen atoms in total. The second-order valence-electron chi connectivity index (χ2n) is 3.36. The van der Waals surface area contributed by atoms with E-state index < -0.39 is 12.0 Å². The molecule has 5 heteroatoms.